The van der Waals surface area contributed by atoms with E-state index in [1.807, 2.05) is 30.3 Å². The Bertz CT molecular complexity index is 811. The van der Waals surface area contributed by atoms with Crippen LogP contribution in [0.1, 0.15) is 33.8 Å². The van der Waals surface area contributed by atoms with Crippen LogP contribution in [0.4, 0.5) is 0 Å². The van der Waals surface area contributed by atoms with Crippen LogP contribution in [0.5, 0.6) is 5.75 Å². The fourth-order valence-electron chi connectivity index (χ4n) is 3.33. The lowest BCUT2D eigenvalue weighted by atomic mass is 9.93. The highest BCUT2D eigenvalue weighted by Crippen LogP contribution is 2.36. The van der Waals surface area contributed by atoms with Gasteiger partial charge < -0.3 is 20.3 Å². The van der Waals surface area contributed by atoms with Gasteiger partial charge in [0.25, 0.3) is 5.91 Å². The van der Waals surface area contributed by atoms with Crippen molar-refractivity contribution in [3.63, 3.8) is 0 Å². The zero-order valence-corrected chi connectivity index (χ0v) is 14.3. The Kier molecular flexibility index (Phi) is 5.21. The summed E-state index contributed by atoms with van der Waals surface area (Å²) in [4.78, 5) is 12.5. The minimum absolute atomic E-state index is 0.215. The highest BCUT2D eigenvalue weighted by molar-refractivity contribution is 5.94. The predicted octanol–water partition coefficient (Wildman–Crippen LogP) is 1.57. The molecule has 3 N–H and O–H groups in total. The van der Waals surface area contributed by atoms with Crippen LogP contribution >= 0.6 is 0 Å². The van der Waals surface area contributed by atoms with E-state index in [-0.39, 0.29) is 11.8 Å². The van der Waals surface area contributed by atoms with Gasteiger partial charge in [0.05, 0.1) is 30.9 Å². The summed E-state index contributed by atoms with van der Waals surface area (Å²) in [6.07, 6.45) is -1.61. The van der Waals surface area contributed by atoms with Crippen LogP contribution in [0.3, 0.4) is 0 Å². The van der Waals surface area contributed by atoms with E-state index in [2.05, 4.69) is 5.32 Å². The van der Waals surface area contributed by atoms with Gasteiger partial charge in [-0.15, -0.1) is 0 Å². The van der Waals surface area contributed by atoms with E-state index in [0.717, 1.165) is 5.56 Å². The van der Waals surface area contributed by atoms with Crippen LogP contribution < -0.4 is 10.1 Å². The second-order valence-electron chi connectivity index (χ2n) is 6.36. The van der Waals surface area contributed by atoms with E-state index in [1.165, 1.54) is 0 Å². The van der Waals surface area contributed by atoms with Crippen LogP contribution in [0.2, 0.25) is 0 Å². The highest BCUT2D eigenvalue weighted by atomic mass is 16.5. The Balaban J connectivity index is 1.80. The summed E-state index contributed by atoms with van der Waals surface area (Å²) >= 11 is 0. The van der Waals surface area contributed by atoms with Gasteiger partial charge in [0.1, 0.15) is 11.9 Å². The Labute approximate surface area is 151 Å². The first kappa shape index (κ1) is 17.9. The number of carbonyl (C=O) groups is 1. The molecule has 1 aliphatic carbocycles. The summed E-state index contributed by atoms with van der Waals surface area (Å²) in [5, 5.41) is 32.1. The molecule has 4 atom stereocenters. The number of nitrogens with one attached hydrogen (secondary N) is 1. The zero-order valence-electron chi connectivity index (χ0n) is 14.3. The monoisotopic (exact) mass is 352 g/mol. The van der Waals surface area contributed by atoms with Crippen LogP contribution in [-0.2, 0) is 0 Å². The first-order chi connectivity index (χ1) is 12.5. The lowest BCUT2D eigenvalue weighted by Crippen LogP contribution is -2.45. The molecule has 0 saturated heterocycles. The average molecular weight is 352 g/mol. The van der Waals surface area contributed by atoms with Crippen molar-refractivity contribution >= 4 is 5.91 Å². The second kappa shape index (κ2) is 7.56. The maximum Gasteiger partial charge on any atom is 0.251 e. The molecule has 1 aliphatic rings. The number of nitriles is 1. The van der Waals surface area contributed by atoms with Crippen LogP contribution in [0.25, 0.3) is 0 Å². The Morgan fingerprint density at radius 3 is 2.38 bits per heavy atom. The topological polar surface area (TPSA) is 103 Å². The number of amides is 1. The van der Waals surface area contributed by atoms with Crippen molar-refractivity contribution in [2.75, 3.05) is 7.11 Å². The lowest BCUT2D eigenvalue weighted by Gasteiger charge is -2.24. The molecule has 0 radical (unpaired) electrons. The Hall–Kier alpha value is -2.88. The van der Waals surface area contributed by atoms with Gasteiger partial charge in [-0.1, -0.05) is 12.1 Å². The highest BCUT2D eigenvalue weighted by Gasteiger charge is 2.43. The lowest BCUT2D eigenvalue weighted by molar-refractivity contribution is 0.0294. The maximum atomic E-state index is 12.5. The van der Waals surface area contributed by atoms with Gasteiger partial charge in [-0.05, 0) is 48.4 Å². The number of benzene rings is 2. The number of hydrogen-bond acceptors (Lipinski definition) is 5. The minimum Gasteiger partial charge on any atom is -0.497 e. The third-order valence-corrected chi connectivity index (χ3v) is 4.81. The molecule has 0 spiro atoms. The van der Waals surface area contributed by atoms with E-state index >= 15 is 0 Å². The van der Waals surface area contributed by atoms with E-state index in [0.29, 0.717) is 23.3 Å². The molecule has 0 unspecified atom stereocenters. The van der Waals surface area contributed by atoms with Gasteiger partial charge >= 0.3 is 0 Å². The number of carbonyl (C=O) groups excluding carboxylic acids is 1. The molecule has 0 aromatic heterocycles. The molecule has 134 valence electrons. The molecule has 6 heteroatoms. The van der Waals surface area contributed by atoms with Crippen molar-refractivity contribution in [1.82, 2.24) is 5.32 Å². The molecule has 0 heterocycles. The van der Waals surface area contributed by atoms with Gasteiger partial charge in [-0.3, -0.25) is 4.79 Å². The Morgan fingerprint density at radius 1 is 1.15 bits per heavy atom. The molecule has 2 aromatic carbocycles. The fraction of sp³-hybridized carbons (Fsp3) is 0.300. The first-order valence-corrected chi connectivity index (χ1v) is 8.34. The molecular formula is C20H20N2O4. The number of aliphatic hydroxyl groups excluding tert-OH is 2. The molecule has 1 saturated carbocycles. The van der Waals surface area contributed by atoms with E-state index in [9.17, 15) is 15.0 Å². The summed E-state index contributed by atoms with van der Waals surface area (Å²) in [5.41, 5.74) is 1.77. The SMILES string of the molecule is COc1ccc([C@H]2C[C@@H](O)[C@@H](O)[C@@H]2NC(=O)c2ccc(C#N)cc2)cc1. The van der Waals surface area contributed by atoms with E-state index in [1.54, 1.807) is 31.4 Å². The van der Waals surface area contributed by atoms with Gasteiger partial charge in [-0.2, -0.15) is 5.26 Å². The summed E-state index contributed by atoms with van der Waals surface area (Å²) in [7, 11) is 1.58. The van der Waals surface area contributed by atoms with Crippen molar-refractivity contribution in [2.24, 2.45) is 0 Å². The number of methoxy groups -OCH3 is 1. The molecule has 6 nitrogen and oxygen atoms in total. The van der Waals surface area contributed by atoms with Gasteiger partial charge in [0.15, 0.2) is 0 Å². The summed E-state index contributed by atoms with van der Waals surface area (Å²) in [5.74, 6) is 0.144. The average Bonchev–Trinajstić information content (AvgIpc) is 2.96. The molecule has 26 heavy (non-hydrogen) atoms. The van der Waals surface area contributed by atoms with Crippen LogP contribution in [0.15, 0.2) is 48.5 Å². The maximum absolute atomic E-state index is 12.5. The predicted molar refractivity (Wildman–Crippen MR) is 94.8 cm³/mol. The molecular weight excluding hydrogens is 332 g/mol. The zero-order chi connectivity index (χ0) is 18.7. The molecule has 2 aromatic rings. The number of ether oxygens (including phenoxy) is 1. The minimum atomic E-state index is -1.05. The smallest absolute Gasteiger partial charge is 0.251 e. The summed E-state index contributed by atoms with van der Waals surface area (Å²) < 4.78 is 5.15. The van der Waals surface area contributed by atoms with Crippen molar-refractivity contribution < 1.29 is 19.7 Å². The number of hydrogen-bond donors (Lipinski definition) is 3. The number of nitrogens with zero attached hydrogens (tertiary/aromatic N) is 1. The largest absolute Gasteiger partial charge is 0.497 e. The normalized spacial score (nSPS) is 24.7. The Morgan fingerprint density at radius 2 is 1.81 bits per heavy atom. The third kappa shape index (κ3) is 3.54. The van der Waals surface area contributed by atoms with Crippen molar-refractivity contribution in [2.45, 2.75) is 30.6 Å². The molecule has 0 aliphatic heterocycles. The van der Waals surface area contributed by atoms with Crippen LogP contribution in [-0.4, -0.2) is 41.5 Å². The fourth-order valence-corrected chi connectivity index (χ4v) is 3.33. The van der Waals surface area contributed by atoms with Gasteiger partial charge in [-0.25, -0.2) is 0 Å². The third-order valence-electron chi connectivity index (χ3n) is 4.81. The van der Waals surface area contributed by atoms with Crippen molar-refractivity contribution in [3.8, 4) is 11.8 Å². The van der Waals surface area contributed by atoms with Gasteiger partial charge in [0, 0.05) is 11.5 Å². The quantitative estimate of drug-likeness (QED) is 0.775. The second-order valence-corrected chi connectivity index (χ2v) is 6.36. The van der Waals surface area contributed by atoms with E-state index < -0.39 is 18.2 Å². The molecule has 1 amide bonds. The van der Waals surface area contributed by atoms with Crippen LogP contribution in [0, 0.1) is 11.3 Å². The molecule has 1 fully saturated rings. The standard InChI is InChI=1S/C20H20N2O4/c1-26-15-8-6-13(7-9-15)16-10-17(23)19(24)18(16)22-20(25)14-4-2-12(11-21)3-5-14/h2-9,16-19,23-24H,10H2,1H3,(H,22,25)/t16-,17-,18-,19-/m1/s1. The van der Waals surface area contributed by atoms with Crippen molar-refractivity contribution in [3.05, 3.63) is 65.2 Å². The van der Waals surface area contributed by atoms with Crippen molar-refractivity contribution in [1.29, 1.82) is 5.26 Å². The first-order valence-electron chi connectivity index (χ1n) is 8.34. The van der Waals surface area contributed by atoms with E-state index in [4.69, 9.17) is 10.00 Å². The van der Waals surface area contributed by atoms with Gasteiger partial charge in [0.2, 0.25) is 0 Å². The number of aliphatic hydroxyl groups is 2. The molecule has 0 bridgehead atoms. The summed E-state index contributed by atoms with van der Waals surface area (Å²) in [6.45, 7) is 0. The summed E-state index contributed by atoms with van der Waals surface area (Å²) in [6, 6.07) is 15.0. The number of rotatable bonds is 4. The molecule has 3 rings (SSSR count).